The SMILES string of the molecule is CCOC(=O)[C@H](Cc1ccccc1)NC(=O)[C@H]1Cc2c([nH]c3ccccc23)CN1C(=O)CCCCCCC(=O)NO. The minimum absolute atomic E-state index is 0.140. The molecule has 0 spiro atoms. The molecule has 0 saturated heterocycles. The van der Waals surface area contributed by atoms with Gasteiger partial charge in [0.25, 0.3) is 0 Å². The number of nitrogens with zero attached hydrogens (tertiary/aromatic N) is 1. The highest BCUT2D eigenvalue weighted by atomic mass is 16.5. The lowest BCUT2D eigenvalue weighted by Gasteiger charge is -2.35. The Labute approximate surface area is 239 Å². The number of aromatic nitrogens is 1. The van der Waals surface area contributed by atoms with E-state index in [1.54, 1.807) is 17.3 Å². The van der Waals surface area contributed by atoms with Crippen molar-refractivity contribution in [2.75, 3.05) is 6.61 Å². The first-order valence-electron chi connectivity index (χ1n) is 14.2. The Morgan fingerprint density at radius 3 is 2.44 bits per heavy atom. The van der Waals surface area contributed by atoms with Gasteiger partial charge < -0.3 is 19.9 Å². The number of benzene rings is 2. The van der Waals surface area contributed by atoms with Gasteiger partial charge in [0.2, 0.25) is 17.7 Å². The molecular weight excluding hydrogens is 524 g/mol. The van der Waals surface area contributed by atoms with Crippen molar-refractivity contribution in [3.8, 4) is 0 Å². The fourth-order valence-electron chi connectivity index (χ4n) is 5.37. The van der Waals surface area contributed by atoms with Crippen molar-refractivity contribution in [1.82, 2.24) is 20.7 Å². The first-order chi connectivity index (χ1) is 19.9. The summed E-state index contributed by atoms with van der Waals surface area (Å²) in [4.78, 5) is 56.3. The molecule has 41 heavy (non-hydrogen) atoms. The Morgan fingerprint density at radius 2 is 1.71 bits per heavy atom. The molecule has 2 aromatic carbocycles. The lowest BCUT2D eigenvalue weighted by molar-refractivity contribution is -0.149. The predicted molar refractivity (Wildman–Crippen MR) is 153 cm³/mol. The normalized spacial score (nSPS) is 15.2. The van der Waals surface area contributed by atoms with Crippen molar-refractivity contribution in [2.24, 2.45) is 0 Å². The molecule has 10 heteroatoms. The smallest absolute Gasteiger partial charge is 0.328 e. The van der Waals surface area contributed by atoms with Crippen LogP contribution in [0.5, 0.6) is 0 Å². The third-order valence-corrected chi connectivity index (χ3v) is 7.47. The molecule has 1 aromatic heterocycles. The Balaban J connectivity index is 1.50. The molecule has 0 unspecified atom stereocenters. The number of H-pyrrole nitrogens is 1. The van der Waals surface area contributed by atoms with Crippen LogP contribution in [0.1, 0.15) is 62.3 Å². The predicted octanol–water partition coefficient (Wildman–Crippen LogP) is 3.56. The summed E-state index contributed by atoms with van der Waals surface area (Å²) in [5.41, 5.74) is 5.37. The molecule has 3 amide bonds. The zero-order valence-corrected chi connectivity index (χ0v) is 23.4. The molecule has 1 aliphatic rings. The second kappa shape index (κ2) is 14.5. The van der Waals surface area contributed by atoms with Crippen LogP contribution >= 0.6 is 0 Å². The first kappa shape index (κ1) is 29.8. The maximum absolute atomic E-state index is 13.8. The number of carbonyl (C=O) groups excluding carboxylic acids is 4. The minimum Gasteiger partial charge on any atom is -0.464 e. The number of amides is 3. The van der Waals surface area contributed by atoms with Crippen LogP contribution in [-0.2, 0) is 43.3 Å². The molecule has 2 heterocycles. The molecule has 0 aliphatic carbocycles. The van der Waals surface area contributed by atoms with E-state index in [1.165, 1.54) is 0 Å². The van der Waals surface area contributed by atoms with Gasteiger partial charge >= 0.3 is 5.97 Å². The van der Waals surface area contributed by atoms with Crippen molar-refractivity contribution in [3.05, 3.63) is 71.4 Å². The molecule has 3 aromatic rings. The summed E-state index contributed by atoms with van der Waals surface area (Å²) >= 11 is 0. The van der Waals surface area contributed by atoms with Crippen molar-refractivity contribution in [3.63, 3.8) is 0 Å². The number of hydroxylamine groups is 1. The fraction of sp³-hybridized carbons (Fsp3) is 0.419. The first-order valence-corrected chi connectivity index (χ1v) is 14.2. The molecule has 1 aliphatic heterocycles. The van der Waals surface area contributed by atoms with Gasteiger partial charge in [-0.05, 0) is 37.0 Å². The fourth-order valence-corrected chi connectivity index (χ4v) is 5.37. The van der Waals surface area contributed by atoms with Crippen LogP contribution in [0.15, 0.2) is 54.6 Å². The molecule has 10 nitrogen and oxygen atoms in total. The number of nitrogens with one attached hydrogen (secondary N) is 3. The molecule has 0 bridgehead atoms. The molecule has 4 rings (SSSR count). The lowest BCUT2D eigenvalue weighted by atomic mass is 9.94. The van der Waals surface area contributed by atoms with Gasteiger partial charge in [-0.3, -0.25) is 19.6 Å². The third kappa shape index (κ3) is 7.73. The summed E-state index contributed by atoms with van der Waals surface area (Å²) in [6.45, 7) is 2.18. The zero-order valence-electron chi connectivity index (χ0n) is 23.4. The molecule has 0 saturated carbocycles. The highest BCUT2D eigenvalue weighted by Gasteiger charge is 2.37. The quantitative estimate of drug-likeness (QED) is 0.109. The number of carbonyl (C=O) groups is 4. The average molecular weight is 563 g/mol. The number of hydrogen-bond acceptors (Lipinski definition) is 6. The van der Waals surface area contributed by atoms with Gasteiger partial charge in [-0.25, -0.2) is 10.3 Å². The van der Waals surface area contributed by atoms with Gasteiger partial charge in [-0.15, -0.1) is 0 Å². The van der Waals surface area contributed by atoms with E-state index in [2.05, 4.69) is 10.3 Å². The summed E-state index contributed by atoms with van der Waals surface area (Å²) in [6.07, 6.45) is 3.82. The van der Waals surface area contributed by atoms with Crippen molar-refractivity contribution >= 4 is 34.6 Å². The molecule has 0 fully saturated rings. The monoisotopic (exact) mass is 562 g/mol. The van der Waals surface area contributed by atoms with Crippen molar-refractivity contribution in [2.45, 2.75) is 76.9 Å². The van der Waals surface area contributed by atoms with E-state index in [9.17, 15) is 19.2 Å². The number of hydrogen-bond donors (Lipinski definition) is 4. The highest BCUT2D eigenvalue weighted by Crippen LogP contribution is 2.31. The highest BCUT2D eigenvalue weighted by molar-refractivity contribution is 5.93. The third-order valence-electron chi connectivity index (χ3n) is 7.47. The van der Waals surface area contributed by atoms with Gasteiger partial charge in [0.05, 0.1) is 13.2 Å². The standard InChI is InChI=1S/C31H38N4O6/c1-2-41-31(39)25(18-21-12-6-5-7-13-21)33-30(38)27-19-23-22-14-10-11-15-24(22)32-26(23)20-35(27)29(37)17-9-4-3-8-16-28(36)34-40/h5-7,10-15,25,27,32,40H,2-4,8-9,16-20H2,1H3,(H,33,38)(H,34,36)/t25-,27+/m0/s1. The summed E-state index contributed by atoms with van der Waals surface area (Å²) in [5.74, 6) is -1.47. The average Bonchev–Trinajstić information content (AvgIpc) is 3.35. The summed E-state index contributed by atoms with van der Waals surface area (Å²) < 4.78 is 5.27. The van der Waals surface area contributed by atoms with Crippen LogP contribution in [0.25, 0.3) is 10.9 Å². The van der Waals surface area contributed by atoms with Crippen LogP contribution < -0.4 is 10.8 Å². The number of para-hydroxylation sites is 1. The van der Waals surface area contributed by atoms with E-state index in [0.717, 1.165) is 40.6 Å². The van der Waals surface area contributed by atoms with Crippen molar-refractivity contribution in [1.29, 1.82) is 0 Å². The van der Waals surface area contributed by atoms with Gasteiger partial charge in [-0.2, -0.15) is 0 Å². The number of rotatable bonds is 13. The van der Waals surface area contributed by atoms with Crippen LogP contribution in [0.3, 0.4) is 0 Å². The van der Waals surface area contributed by atoms with Gasteiger partial charge in [0, 0.05) is 42.3 Å². The Bertz CT molecular complexity index is 1360. The van der Waals surface area contributed by atoms with E-state index in [0.29, 0.717) is 19.3 Å². The molecule has 4 N–H and O–H groups in total. The second-order valence-corrected chi connectivity index (χ2v) is 10.3. The van der Waals surface area contributed by atoms with Gasteiger partial charge in [-0.1, -0.05) is 61.4 Å². The lowest BCUT2D eigenvalue weighted by Crippen LogP contribution is -2.56. The molecule has 2 atom stereocenters. The number of ether oxygens (including phenoxy) is 1. The number of fused-ring (bicyclic) bond motifs is 3. The second-order valence-electron chi connectivity index (χ2n) is 10.3. The summed E-state index contributed by atoms with van der Waals surface area (Å²) in [6, 6.07) is 15.6. The van der Waals surface area contributed by atoms with Gasteiger partial charge in [0.15, 0.2) is 0 Å². The van der Waals surface area contributed by atoms with Crippen LogP contribution in [0.4, 0.5) is 0 Å². The van der Waals surface area contributed by atoms with E-state index in [-0.39, 0.29) is 38.3 Å². The maximum atomic E-state index is 13.8. The Kier molecular flexibility index (Phi) is 10.5. The van der Waals surface area contributed by atoms with E-state index in [1.807, 2.05) is 54.6 Å². The van der Waals surface area contributed by atoms with E-state index < -0.39 is 29.9 Å². The summed E-state index contributed by atoms with van der Waals surface area (Å²) in [5, 5.41) is 12.5. The zero-order chi connectivity index (χ0) is 29.2. The Morgan fingerprint density at radius 1 is 1.00 bits per heavy atom. The van der Waals surface area contributed by atoms with Crippen LogP contribution in [0, 0.1) is 0 Å². The largest absolute Gasteiger partial charge is 0.464 e. The molecular formula is C31H38N4O6. The van der Waals surface area contributed by atoms with E-state index in [4.69, 9.17) is 9.94 Å². The Hall–Kier alpha value is -4.18. The van der Waals surface area contributed by atoms with Gasteiger partial charge in [0.1, 0.15) is 12.1 Å². The number of esters is 1. The van der Waals surface area contributed by atoms with E-state index >= 15 is 0 Å². The van der Waals surface area contributed by atoms with Crippen molar-refractivity contribution < 1.29 is 29.1 Å². The molecule has 218 valence electrons. The molecule has 0 radical (unpaired) electrons. The number of aromatic amines is 1. The van der Waals surface area contributed by atoms with Crippen LogP contribution in [-0.4, -0.2) is 57.5 Å². The summed E-state index contributed by atoms with van der Waals surface area (Å²) in [7, 11) is 0. The number of unbranched alkanes of at least 4 members (excludes halogenated alkanes) is 3. The van der Waals surface area contributed by atoms with Crippen LogP contribution in [0.2, 0.25) is 0 Å². The topological polar surface area (TPSA) is 141 Å². The maximum Gasteiger partial charge on any atom is 0.328 e. The minimum atomic E-state index is -0.887.